The highest BCUT2D eigenvalue weighted by molar-refractivity contribution is 6.05. The molecule has 3 amide bonds. The first-order valence-electron chi connectivity index (χ1n) is 13.3. The summed E-state index contributed by atoms with van der Waals surface area (Å²) in [5, 5.41) is 11.3. The van der Waals surface area contributed by atoms with Crippen molar-refractivity contribution in [3.8, 4) is 11.8 Å². The minimum Gasteiger partial charge on any atom is -0.489 e. The standard InChI is InChI=1S/C29H29FN4O4/c30-23-12-17(5-6-18(23)13-31)20-14-33(15-20)24-3-1-2-4-26(24)38-21-7-8-22-19(11-21)16-34(29(22)37)25-9-10-27(35)32-28(25)36/h5-8,11-12,20,24-26H,1-4,9-10,14-16H2,(H,32,35,36). The smallest absolute Gasteiger partial charge is 0.255 e. The van der Waals surface area contributed by atoms with Gasteiger partial charge in [0.05, 0.1) is 5.56 Å². The lowest BCUT2D eigenvalue weighted by atomic mass is 9.84. The highest BCUT2D eigenvalue weighted by atomic mass is 19.1. The van der Waals surface area contributed by atoms with Gasteiger partial charge in [0, 0.05) is 43.6 Å². The van der Waals surface area contributed by atoms with Crippen LogP contribution in [0.3, 0.4) is 0 Å². The zero-order valence-corrected chi connectivity index (χ0v) is 21.0. The van der Waals surface area contributed by atoms with E-state index in [1.165, 1.54) is 6.07 Å². The van der Waals surface area contributed by atoms with Crippen LogP contribution in [0.5, 0.6) is 5.75 Å². The topological polar surface area (TPSA) is 103 Å². The van der Waals surface area contributed by atoms with E-state index >= 15 is 0 Å². The van der Waals surface area contributed by atoms with E-state index in [-0.39, 0.29) is 41.9 Å². The van der Waals surface area contributed by atoms with Crippen molar-refractivity contribution in [3.05, 3.63) is 64.5 Å². The third-order valence-corrected chi connectivity index (χ3v) is 8.41. The fourth-order valence-corrected chi connectivity index (χ4v) is 6.30. The van der Waals surface area contributed by atoms with E-state index in [4.69, 9.17) is 10.00 Å². The number of amides is 3. The summed E-state index contributed by atoms with van der Waals surface area (Å²) in [4.78, 5) is 40.8. The minimum atomic E-state index is -0.636. The van der Waals surface area contributed by atoms with Crippen molar-refractivity contribution in [2.24, 2.45) is 0 Å². The number of nitrogens with zero attached hydrogens (tertiary/aromatic N) is 3. The summed E-state index contributed by atoms with van der Waals surface area (Å²) in [6.45, 7) is 1.98. The maximum atomic E-state index is 14.1. The van der Waals surface area contributed by atoms with Crippen LogP contribution in [-0.4, -0.2) is 58.8 Å². The van der Waals surface area contributed by atoms with Gasteiger partial charge in [0.1, 0.15) is 29.8 Å². The number of carbonyl (C=O) groups excluding carboxylic acids is 3. The van der Waals surface area contributed by atoms with Gasteiger partial charge in [0.25, 0.3) is 5.91 Å². The summed E-state index contributed by atoms with van der Waals surface area (Å²) in [5.41, 5.74) is 2.40. The molecule has 0 aromatic heterocycles. The van der Waals surface area contributed by atoms with Crippen LogP contribution in [0.4, 0.5) is 4.39 Å². The Hall–Kier alpha value is -3.77. The van der Waals surface area contributed by atoms with Crippen molar-refractivity contribution in [2.75, 3.05) is 13.1 Å². The van der Waals surface area contributed by atoms with Gasteiger partial charge in [-0.25, -0.2) is 4.39 Å². The van der Waals surface area contributed by atoms with Crippen LogP contribution in [0, 0.1) is 17.1 Å². The molecule has 4 aliphatic rings. The molecule has 2 saturated heterocycles. The van der Waals surface area contributed by atoms with Crippen LogP contribution in [0.1, 0.15) is 71.5 Å². The molecule has 0 spiro atoms. The zero-order valence-electron chi connectivity index (χ0n) is 21.0. The average molecular weight is 517 g/mol. The number of benzene rings is 2. The van der Waals surface area contributed by atoms with Gasteiger partial charge in [-0.15, -0.1) is 0 Å². The summed E-state index contributed by atoms with van der Waals surface area (Å²) >= 11 is 0. The second-order valence-corrected chi connectivity index (χ2v) is 10.7. The van der Waals surface area contributed by atoms with E-state index in [9.17, 15) is 18.8 Å². The maximum Gasteiger partial charge on any atom is 0.255 e. The van der Waals surface area contributed by atoms with Crippen LogP contribution in [0.25, 0.3) is 0 Å². The number of piperidine rings is 1. The fourth-order valence-electron chi connectivity index (χ4n) is 6.30. The van der Waals surface area contributed by atoms with E-state index in [2.05, 4.69) is 10.2 Å². The number of likely N-dealkylation sites (tertiary alicyclic amines) is 1. The predicted octanol–water partition coefficient (Wildman–Crippen LogP) is 3.25. The lowest BCUT2D eigenvalue weighted by Gasteiger charge is -2.48. The molecule has 1 N–H and O–H groups in total. The Bertz CT molecular complexity index is 1350. The summed E-state index contributed by atoms with van der Waals surface area (Å²) in [6, 6.07) is 11.9. The first-order valence-corrected chi connectivity index (χ1v) is 13.3. The van der Waals surface area contributed by atoms with Crippen LogP contribution in [0.15, 0.2) is 36.4 Å². The SMILES string of the molecule is N#Cc1ccc(C2CN(C3CCCCC3Oc3ccc4c(c3)CN(C3CCC(=O)NC3=O)C4=O)C2)cc1F. The molecule has 8 nitrogen and oxygen atoms in total. The van der Waals surface area contributed by atoms with Gasteiger partial charge in [-0.2, -0.15) is 5.26 Å². The maximum absolute atomic E-state index is 14.1. The first kappa shape index (κ1) is 24.6. The molecule has 3 heterocycles. The van der Waals surface area contributed by atoms with Gasteiger partial charge in [0.15, 0.2) is 0 Å². The molecule has 2 aromatic rings. The number of nitriles is 1. The predicted molar refractivity (Wildman–Crippen MR) is 135 cm³/mol. The number of ether oxygens (including phenoxy) is 1. The number of hydrogen-bond donors (Lipinski definition) is 1. The van der Waals surface area contributed by atoms with Crippen molar-refractivity contribution >= 4 is 17.7 Å². The average Bonchev–Trinajstić information content (AvgIpc) is 3.19. The van der Waals surface area contributed by atoms with Crippen molar-refractivity contribution in [3.63, 3.8) is 0 Å². The molecule has 196 valence electrons. The van der Waals surface area contributed by atoms with E-state index in [1.807, 2.05) is 24.3 Å². The highest BCUT2D eigenvalue weighted by Crippen LogP contribution is 2.37. The third kappa shape index (κ3) is 4.43. The monoisotopic (exact) mass is 516 g/mol. The number of imide groups is 1. The van der Waals surface area contributed by atoms with Crippen LogP contribution >= 0.6 is 0 Å². The third-order valence-electron chi connectivity index (χ3n) is 8.41. The Labute approximate surface area is 220 Å². The minimum absolute atomic E-state index is 0.0174. The number of fused-ring (bicyclic) bond motifs is 1. The van der Waals surface area contributed by atoms with E-state index < -0.39 is 17.8 Å². The molecule has 0 bridgehead atoms. The van der Waals surface area contributed by atoms with E-state index in [1.54, 1.807) is 17.0 Å². The summed E-state index contributed by atoms with van der Waals surface area (Å²) in [6.07, 6.45) is 4.78. The summed E-state index contributed by atoms with van der Waals surface area (Å²) in [7, 11) is 0. The lowest BCUT2D eigenvalue weighted by Crippen LogP contribution is -2.57. The van der Waals surface area contributed by atoms with Gasteiger partial charge >= 0.3 is 0 Å². The normalized spacial score (nSPS) is 25.9. The second-order valence-electron chi connectivity index (χ2n) is 10.7. The lowest BCUT2D eigenvalue weighted by molar-refractivity contribution is -0.136. The Morgan fingerprint density at radius 1 is 1.03 bits per heavy atom. The van der Waals surface area contributed by atoms with Crippen molar-refractivity contribution in [1.82, 2.24) is 15.1 Å². The number of hydrogen-bond acceptors (Lipinski definition) is 6. The van der Waals surface area contributed by atoms with Gasteiger partial charge in [-0.1, -0.05) is 12.5 Å². The Morgan fingerprint density at radius 3 is 2.61 bits per heavy atom. The second kappa shape index (κ2) is 9.84. The highest BCUT2D eigenvalue weighted by Gasteiger charge is 2.41. The van der Waals surface area contributed by atoms with Gasteiger partial charge in [-0.3, -0.25) is 24.6 Å². The molecule has 1 aliphatic carbocycles. The molecule has 0 radical (unpaired) electrons. The molecular weight excluding hydrogens is 487 g/mol. The number of halogens is 1. The molecule has 38 heavy (non-hydrogen) atoms. The van der Waals surface area contributed by atoms with Gasteiger partial charge < -0.3 is 9.64 Å². The molecule has 3 aliphatic heterocycles. The Balaban J connectivity index is 1.11. The number of nitrogens with one attached hydrogen (secondary N) is 1. The van der Waals surface area contributed by atoms with Crippen LogP contribution in [-0.2, 0) is 16.1 Å². The fraction of sp³-hybridized carbons (Fsp3) is 0.448. The zero-order chi connectivity index (χ0) is 26.4. The van der Waals surface area contributed by atoms with E-state index in [0.29, 0.717) is 24.3 Å². The van der Waals surface area contributed by atoms with Crippen LogP contribution in [0.2, 0.25) is 0 Å². The largest absolute Gasteiger partial charge is 0.489 e. The van der Waals surface area contributed by atoms with Crippen molar-refractivity contribution < 1.29 is 23.5 Å². The van der Waals surface area contributed by atoms with Gasteiger partial charge in [0.2, 0.25) is 11.8 Å². The van der Waals surface area contributed by atoms with Crippen molar-refractivity contribution in [1.29, 1.82) is 5.26 Å². The molecule has 6 rings (SSSR count). The van der Waals surface area contributed by atoms with Crippen molar-refractivity contribution in [2.45, 2.75) is 69.2 Å². The summed E-state index contributed by atoms with van der Waals surface area (Å²) < 4.78 is 20.6. The van der Waals surface area contributed by atoms with Gasteiger partial charge in [-0.05, 0) is 67.1 Å². The Kier molecular flexibility index (Phi) is 6.36. The summed E-state index contributed by atoms with van der Waals surface area (Å²) in [5.74, 6) is -0.420. The number of rotatable bonds is 5. The quantitative estimate of drug-likeness (QED) is 0.612. The van der Waals surface area contributed by atoms with Crippen LogP contribution < -0.4 is 10.1 Å². The first-order chi connectivity index (χ1) is 18.4. The molecule has 2 aromatic carbocycles. The molecule has 3 unspecified atom stereocenters. The van der Waals surface area contributed by atoms with E-state index in [0.717, 1.165) is 49.9 Å². The molecule has 3 fully saturated rings. The molecule has 9 heteroatoms. The number of carbonyl (C=O) groups is 3. The molecular formula is C29H29FN4O4. The molecule has 1 saturated carbocycles. The molecule has 3 atom stereocenters. The Morgan fingerprint density at radius 2 is 1.84 bits per heavy atom.